The Hall–Kier alpha value is -1.82. The smallest absolute Gasteiger partial charge is 0.287 e. The van der Waals surface area contributed by atoms with Crippen LogP contribution in [0.3, 0.4) is 0 Å². The summed E-state index contributed by atoms with van der Waals surface area (Å²) < 4.78 is 4.89. The number of carbonyl (C=O) groups is 2. The first kappa shape index (κ1) is 11.7. The summed E-state index contributed by atoms with van der Waals surface area (Å²) in [6.45, 7) is 0.804. The second-order valence-corrected chi connectivity index (χ2v) is 3.94. The van der Waals surface area contributed by atoms with Crippen molar-refractivity contribution in [3.8, 4) is 0 Å². The Morgan fingerprint density at radius 2 is 2.41 bits per heavy atom. The predicted molar refractivity (Wildman–Crippen MR) is 58.2 cm³/mol. The fourth-order valence-corrected chi connectivity index (χ4v) is 1.73. The molecular weight excluding hydrogens is 224 g/mol. The quantitative estimate of drug-likeness (QED) is 0.750. The monoisotopic (exact) mass is 238 g/mol. The molecule has 0 spiro atoms. The van der Waals surface area contributed by atoms with E-state index in [9.17, 15) is 14.7 Å². The summed E-state index contributed by atoms with van der Waals surface area (Å²) in [6.07, 6.45) is 1.55. The first-order valence-electron chi connectivity index (χ1n) is 5.44. The average molecular weight is 238 g/mol. The van der Waals surface area contributed by atoms with Gasteiger partial charge in [-0.15, -0.1) is 0 Å². The molecule has 6 heteroatoms. The highest BCUT2D eigenvalue weighted by Crippen LogP contribution is 2.08. The number of β-amino-alcohol motifs (C(OH)–C–C–N with tert-alkyl or cyclic N) is 1. The second-order valence-electron chi connectivity index (χ2n) is 3.94. The third kappa shape index (κ3) is 2.85. The van der Waals surface area contributed by atoms with Crippen molar-refractivity contribution >= 4 is 11.8 Å². The van der Waals surface area contributed by atoms with Crippen molar-refractivity contribution in [3.63, 3.8) is 0 Å². The van der Waals surface area contributed by atoms with Crippen molar-refractivity contribution < 1.29 is 19.1 Å². The first-order chi connectivity index (χ1) is 8.16. The van der Waals surface area contributed by atoms with Crippen LogP contribution in [0.4, 0.5) is 0 Å². The van der Waals surface area contributed by atoms with Gasteiger partial charge in [-0.05, 0) is 18.6 Å². The molecule has 1 aromatic heterocycles. The lowest BCUT2D eigenvalue weighted by Gasteiger charge is -2.15. The number of aliphatic hydroxyl groups is 1. The van der Waals surface area contributed by atoms with Gasteiger partial charge in [-0.2, -0.15) is 0 Å². The van der Waals surface area contributed by atoms with Gasteiger partial charge in [0.1, 0.15) is 0 Å². The minimum atomic E-state index is -0.445. The normalized spacial score (nSPS) is 19.4. The van der Waals surface area contributed by atoms with Crippen molar-refractivity contribution in [1.29, 1.82) is 0 Å². The minimum Gasteiger partial charge on any atom is -0.459 e. The van der Waals surface area contributed by atoms with Gasteiger partial charge in [-0.1, -0.05) is 0 Å². The molecule has 0 bridgehead atoms. The zero-order valence-electron chi connectivity index (χ0n) is 9.26. The fourth-order valence-electron chi connectivity index (χ4n) is 1.73. The number of carbonyl (C=O) groups excluding carboxylic acids is 2. The fraction of sp³-hybridized carbons (Fsp3) is 0.455. The summed E-state index contributed by atoms with van der Waals surface area (Å²) >= 11 is 0. The topological polar surface area (TPSA) is 82.8 Å². The van der Waals surface area contributed by atoms with Gasteiger partial charge in [0.15, 0.2) is 5.76 Å². The molecule has 1 unspecified atom stereocenters. The van der Waals surface area contributed by atoms with Crippen molar-refractivity contribution in [3.05, 3.63) is 24.2 Å². The van der Waals surface area contributed by atoms with Crippen molar-refractivity contribution in [2.75, 3.05) is 19.6 Å². The number of likely N-dealkylation sites (tertiary alicyclic amines) is 1. The lowest BCUT2D eigenvalue weighted by atomic mass is 10.3. The molecule has 1 fully saturated rings. The molecule has 92 valence electrons. The molecule has 1 aliphatic rings. The highest BCUT2D eigenvalue weighted by atomic mass is 16.3. The second kappa shape index (κ2) is 5.01. The predicted octanol–water partition coefficient (Wildman–Crippen LogP) is -0.397. The van der Waals surface area contributed by atoms with Gasteiger partial charge >= 0.3 is 0 Å². The van der Waals surface area contributed by atoms with Crippen LogP contribution in [0.2, 0.25) is 0 Å². The van der Waals surface area contributed by atoms with Crippen LogP contribution in [-0.4, -0.2) is 47.6 Å². The maximum absolute atomic E-state index is 11.6. The maximum Gasteiger partial charge on any atom is 0.287 e. The Kier molecular flexibility index (Phi) is 3.43. The van der Waals surface area contributed by atoms with Crippen LogP contribution in [0.1, 0.15) is 17.0 Å². The van der Waals surface area contributed by atoms with Crippen molar-refractivity contribution in [2.24, 2.45) is 0 Å². The zero-order chi connectivity index (χ0) is 12.3. The Morgan fingerprint density at radius 3 is 3.00 bits per heavy atom. The lowest BCUT2D eigenvalue weighted by molar-refractivity contribution is -0.129. The van der Waals surface area contributed by atoms with Gasteiger partial charge in [0.05, 0.1) is 18.9 Å². The van der Waals surface area contributed by atoms with Crippen LogP contribution in [0.25, 0.3) is 0 Å². The summed E-state index contributed by atoms with van der Waals surface area (Å²) in [5, 5.41) is 11.8. The molecule has 1 aromatic rings. The Bertz CT molecular complexity index is 402. The Labute approximate surface area is 98.2 Å². The van der Waals surface area contributed by atoms with E-state index in [2.05, 4.69) is 5.32 Å². The molecule has 0 radical (unpaired) electrons. The third-order valence-corrected chi connectivity index (χ3v) is 2.66. The Balaban J connectivity index is 1.78. The van der Waals surface area contributed by atoms with Gasteiger partial charge in [0.2, 0.25) is 5.91 Å². The average Bonchev–Trinajstić information content (AvgIpc) is 2.95. The van der Waals surface area contributed by atoms with Crippen molar-refractivity contribution in [2.45, 2.75) is 12.5 Å². The molecule has 17 heavy (non-hydrogen) atoms. The van der Waals surface area contributed by atoms with Crippen molar-refractivity contribution in [1.82, 2.24) is 10.2 Å². The van der Waals surface area contributed by atoms with E-state index in [-0.39, 0.29) is 18.2 Å². The molecule has 1 atom stereocenters. The molecular formula is C11H14N2O4. The van der Waals surface area contributed by atoms with Crippen LogP contribution < -0.4 is 5.32 Å². The van der Waals surface area contributed by atoms with Crippen LogP contribution >= 0.6 is 0 Å². The first-order valence-corrected chi connectivity index (χ1v) is 5.44. The number of furan rings is 1. The van der Waals surface area contributed by atoms with Gasteiger partial charge in [0.25, 0.3) is 5.91 Å². The van der Waals surface area contributed by atoms with Gasteiger partial charge in [-0.3, -0.25) is 9.59 Å². The molecule has 0 saturated carbocycles. The SMILES string of the molecule is O=C(NCC(=O)N1CCC(O)C1)c1ccco1. The van der Waals surface area contributed by atoms with E-state index >= 15 is 0 Å². The summed E-state index contributed by atoms with van der Waals surface area (Å²) in [7, 11) is 0. The highest BCUT2D eigenvalue weighted by molar-refractivity contribution is 5.94. The van der Waals surface area contributed by atoms with E-state index in [1.54, 1.807) is 6.07 Å². The largest absolute Gasteiger partial charge is 0.459 e. The highest BCUT2D eigenvalue weighted by Gasteiger charge is 2.24. The number of nitrogens with zero attached hydrogens (tertiary/aromatic N) is 1. The van der Waals surface area contributed by atoms with E-state index in [1.807, 2.05) is 0 Å². The molecule has 1 aliphatic heterocycles. The number of amides is 2. The zero-order valence-corrected chi connectivity index (χ0v) is 9.26. The molecule has 2 heterocycles. The van der Waals surface area contributed by atoms with E-state index < -0.39 is 12.0 Å². The third-order valence-electron chi connectivity index (χ3n) is 2.66. The van der Waals surface area contributed by atoms with Gasteiger partial charge < -0.3 is 19.7 Å². The van der Waals surface area contributed by atoms with E-state index in [0.717, 1.165) is 0 Å². The number of rotatable bonds is 3. The molecule has 6 nitrogen and oxygen atoms in total. The molecule has 0 aromatic carbocycles. The standard InChI is InChI=1S/C11H14N2O4/c14-8-3-4-13(7-8)10(15)6-12-11(16)9-2-1-5-17-9/h1-2,5,8,14H,3-4,6-7H2,(H,12,16). The molecule has 0 aliphatic carbocycles. The van der Waals surface area contributed by atoms with E-state index in [0.29, 0.717) is 19.5 Å². The number of nitrogens with one attached hydrogen (secondary N) is 1. The van der Waals surface area contributed by atoms with Crippen LogP contribution in [0.5, 0.6) is 0 Å². The van der Waals surface area contributed by atoms with Gasteiger partial charge in [-0.25, -0.2) is 0 Å². The maximum atomic E-state index is 11.6. The minimum absolute atomic E-state index is 0.0771. The summed E-state index contributed by atoms with van der Waals surface area (Å²) in [5.74, 6) is -0.427. The van der Waals surface area contributed by atoms with Gasteiger partial charge in [0, 0.05) is 13.1 Å². The molecule has 2 rings (SSSR count). The summed E-state index contributed by atoms with van der Waals surface area (Å²) in [5.41, 5.74) is 0. The van der Waals surface area contributed by atoms with Crippen LogP contribution in [0, 0.1) is 0 Å². The molecule has 2 N–H and O–H groups in total. The summed E-state index contributed by atoms with van der Waals surface area (Å²) in [4.78, 5) is 24.6. The number of hydrogen-bond donors (Lipinski definition) is 2. The summed E-state index contributed by atoms with van der Waals surface area (Å²) in [6, 6.07) is 3.13. The number of hydrogen-bond acceptors (Lipinski definition) is 4. The van der Waals surface area contributed by atoms with E-state index in [1.165, 1.54) is 17.2 Å². The van der Waals surface area contributed by atoms with Crippen LogP contribution in [-0.2, 0) is 4.79 Å². The van der Waals surface area contributed by atoms with Crippen LogP contribution in [0.15, 0.2) is 22.8 Å². The molecule has 1 saturated heterocycles. The molecule has 2 amide bonds. The Morgan fingerprint density at radius 1 is 1.59 bits per heavy atom. The lowest BCUT2D eigenvalue weighted by Crippen LogP contribution is -2.39. The van der Waals surface area contributed by atoms with E-state index in [4.69, 9.17) is 4.42 Å². The number of aliphatic hydroxyl groups excluding tert-OH is 1.